The predicted octanol–water partition coefficient (Wildman–Crippen LogP) is -0.104. The van der Waals surface area contributed by atoms with Gasteiger partial charge in [-0.3, -0.25) is 4.68 Å². The fourth-order valence-electron chi connectivity index (χ4n) is 1.89. The lowest BCUT2D eigenvalue weighted by atomic mass is 10.5. The zero-order valence-electron chi connectivity index (χ0n) is 10.4. The van der Waals surface area contributed by atoms with Gasteiger partial charge in [0.1, 0.15) is 4.90 Å². The third-order valence-electron chi connectivity index (χ3n) is 2.80. The fourth-order valence-corrected chi connectivity index (χ4v) is 3.35. The molecule has 1 fully saturated rings. The summed E-state index contributed by atoms with van der Waals surface area (Å²) < 4.78 is 32.8. The molecule has 18 heavy (non-hydrogen) atoms. The Morgan fingerprint density at radius 1 is 1.44 bits per heavy atom. The molecule has 2 N–H and O–H groups in total. The molecule has 0 spiro atoms. The van der Waals surface area contributed by atoms with Crippen molar-refractivity contribution in [1.82, 2.24) is 14.1 Å². The average molecular weight is 274 g/mol. The van der Waals surface area contributed by atoms with Gasteiger partial charge in [0.25, 0.3) is 0 Å². The molecule has 0 aromatic carbocycles. The molecule has 0 radical (unpaired) electrons. The second-order valence-electron chi connectivity index (χ2n) is 4.16. The van der Waals surface area contributed by atoms with Crippen molar-refractivity contribution >= 4 is 15.8 Å². The van der Waals surface area contributed by atoms with E-state index in [0.29, 0.717) is 32.8 Å². The number of aryl methyl sites for hydroxylation is 1. The number of morpholine rings is 1. The van der Waals surface area contributed by atoms with Gasteiger partial charge in [0.2, 0.25) is 10.0 Å². The van der Waals surface area contributed by atoms with Crippen molar-refractivity contribution in [2.45, 2.75) is 24.8 Å². The predicted molar refractivity (Wildman–Crippen MR) is 66.5 cm³/mol. The van der Waals surface area contributed by atoms with Gasteiger partial charge in [-0.1, -0.05) is 6.92 Å². The number of aromatic nitrogens is 2. The highest BCUT2D eigenvalue weighted by atomic mass is 32.2. The van der Waals surface area contributed by atoms with Gasteiger partial charge < -0.3 is 10.5 Å². The van der Waals surface area contributed by atoms with E-state index < -0.39 is 10.0 Å². The maximum absolute atomic E-state index is 12.4. The van der Waals surface area contributed by atoms with Crippen molar-refractivity contribution in [3.05, 3.63) is 6.20 Å². The summed E-state index contributed by atoms with van der Waals surface area (Å²) in [6, 6.07) is 0. The van der Waals surface area contributed by atoms with E-state index in [1.165, 1.54) is 10.5 Å². The van der Waals surface area contributed by atoms with Crippen molar-refractivity contribution in [2.24, 2.45) is 0 Å². The molecule has 1 aliphatic rings. The standard InChI is InChI=1S/C10H18N4O3S/c1-2-3-13-8-9(10(11)12-13)18(15,16)14-4-6-17-7-5-14/h8H,2-7H2,1H3,(H2,11,12). The SMILES string of the molecule is CCCn1cc(S(=O)(=O)N2CCOCC2)c(N)n1. The van der Waals surface area contributed by atoms with Gasteiger partial charge in [0.15, 0.2) is 5.82 Å². The lowest BCUT2D eigenvalue weighted by Crippen LogP contribution is -2.40. The molecule has 1 aliphatic heterocycles. The largest absolute Gasteiger partial charge is 0.381 e. The maximum Gasteiger partial charge on any atom is 0.248 e. The van der Waals surface area contributed by atoms with Crippen LogP contribution in [0.25, 0.3) is 0 Å². The molecule has 0 bridgehead atoms. The Kier molecular flexibility index (Phi) is 3.88. The van der Waals surface area contributed by atoms with Crippen LogP contribution in [0.5, 0.6) is 0 Å². The van der Waals surface area contributed by atoms with E-state index >= 15 is 0 Å². The first kappa shape index (κ1) is 13.3. The van der Waals surface area contributed by atoms with Crippen LogP contribution in [0.4, 0.5) is 5.82 Å². The van der Waals surface area contributed by atoms with Crippen LogP contribution in [-0.4, -0.2) is 48.8 Å². The fraction of sp³-hybridized carbons (Fsp3) is 0.700. The van der Waals surface area contributed by atoms with Gasteiger partial charge in [0.05, 0.1) is 13.2 Å². The lowest BCUT2D eigenvalue weighted by molar-refractivity contribution is 0.0730. The highest BCUT2D eigenvalue weighted by molar-refractivity contribution is 7.89. The van der Waals surface area contributed by atoms with Crippen LogP contribution in [0, 0.1) is 0 Å². The molecule has 2 rings (SSSR count). The van der Waals surface area contributed by atoms with Crippen LogP contribution in [0.1, 0.15) is 13.3 Å². The Morgan fingerprint density at radius 3 is 2.72 bits per heavy atom. The molecule has 0 aliphatic carbocycles. The topological polar surface area (TPSA) is 90.5 Å². The number of hydrogen-bond donors (Lipinski definition) is 1. The summed E-state index contributed by atoms with van der Waals surface area (Å²) in [6.07, 6.45) is 2.38. The van der Waals surface area contributed by atoms with Gasteiger partial charge in [-0.15, -0.1) is 0 Å². The Morgan fingerprint density at radius 2 is 2.11 bits per heavy atom. The first-order valence-corrected chi connectivity index (χ1v) is 7.40. The summed E-state index contributed by atoms with van der Waals surface area (Å²) >= 11 is 0. The number of nitrogens with two attached hydrogens (primary N) is 1. The highest BCUT2D eigenvalue weighted by Crippen LogP contribution is 2.22. The van der Waals surface area contributed by atoms with E-state index in [9.17, 15) is 8.42 Å². The van der Waals surface area contributed by atoms with Gasteiger partial charge in [-0.2, -0.15) is 9.40 Å². The molecule has 0 saturated carbocycles. The molecule has 0 unspecified atom stereocenters. The van der Waals surface area contributed by atoms with Crippen molar-refractivity contribution in [3.63, 3.8) is 0 Å². The minimum Gasteiger partial charge on any atom is -0.381 e. The molecule has 1 aromatic rings. The first-order valence-electron chi connectivity index (χ1n) is 5.96. The van der Waals surface area contributed by atoms with Gasteiger partial charge in [0, 0.05) is 25.8 Å². The molecule has 8 heteroatoms. The molecule has 2 heterocycles. The van der Waals surface area contributed by atoms with E-state index in [1.807, 2.05) is 6.92 Å². The minimum absolute atomic E-state index is 0.0648. The van der Waals surface area contributed by atoms with E-state index in [-0.39, 0.29) is 10.7 Å². The summed E-state index contributed by atoms with van der Waals surface area (Å²) in [5.74, 6) is 0.0648. The summed E-state index contributed by atoms with van der Waals surface area (Å²) in [4.78, 5) is 0.0952. The maximum atomic E-state index is 12.4. The number of anilines is 1. The molecular weight excluding hydrogens is 256 g/mol. The number of rotatable bonds is 4. The van der Waals surface area contributed by atoms with Crippen LogP contribution < -0.4 is 5.73 Å². The van der Waals surface area contributed by atoms with Crippen LogP contribution in [0.2, 0.25) is 0 Å². The summed E-state index contributed by atoms with van der Waals surface area (Å²) in [5, 5.41) is 4.02. The van der Waals surface area contributed by atoms with Crippen molar-refractivity contribution in [2.75, 3.05) is 32.0 Å². The number of sulfonamides is 1. The average Bonchev–Trinajstić information content (AvgIpc) is 2.73. The van der Waals surface area contributed by atoms with E-state index in [1.54, 1.807) is 4.68 Å². The second-order valence-corrected chi connectivity index (χ2v) is 6.06. The van der Waals surface area contributed by atoms with Gasteiger partial charge in [-0.05, 0) is 6.42 Å². The van der Waals surface area contributed by atoms with Gasteiger partial charge in [-0.25, -0.2) is 8.42 Å². The van der Waals surface area contributed by atoms with Crippen LogP contribution in [0.3, 0.4) is 0 Å². The van der Waals surface area contributed by atoms with Gasteiger partial charge >= 0.3 is 0 Å². The van der Waals surface area contributed by atoms with E-state index in [2.05, 4.69) is 5.10 Å². The molecule has 7 nitrogen and oxygen atoms in total. The normalized spacial score (nSPS) is 18.1. The monoisotopic (exact) mass is 274 g/mol. The molecule has 0 atom stereocenters. The summed E-state index contributed by atoms with van der Waals surface area (Å²) in [5.41, 5.74) is 5.70. The number of ether oxygens (including phenoxy) is 1. The van der Waals surface area contributed by atoms with E-state index in [0.717, 1.165) is 6.42 Å². The van der Waals surface area contributed by atoms with Crippen molar-refractivity contribution < 1.29 is 13.2 Å². The Balaban J connectivity index is 2.28. The molecular formula is C10H18N4O3S. The highest BCUT2D eigenvalue weighted by Gasteiger charge is 2.29. The Bertz CT molecular complexity index is 505. The van der Waals surface area contributed by atoms with Crippen molar-refractivity contribution in [3.8, 4) is 0 Å². The molecule has 102 valence electrons. The van der Waals surface area contributed by atoms with Crippen LogP contribution >= 0.6 is 0 Å². The summed E-state index contributed by atoms with van der Waals surface area (Å²) in [7, 11) is -3.55. The number of hydrogen-bond acceptors (Lipinski definition) is 5. The number of nitrogens with zero attached hydrogens (tertiary/aromatic N) is 3. The zero-order chi connectivity index (χ0) is 13.2. The molecule has 0 amide bonds. The molecule has 1 saturated heterocycles. The van der Waals surface area contributed by atoms with Crippen LogP contribution in [0.15, 0.2) is 11.1 Å². The minimum atomic E-state index is -3.55. The lowest BCUT2D eigenvalue weighted by Gasteiger charge is -2.25. The Hall–Kier alpha value is -1.12. The summed E-state index contributed by atoms with van der Waals surface area (Å²) in [6.45, 7) is 4.21. The van der Waals surface area contributed by atoms with Crippen LogP contribution in [-0.2, 0) is 21.3 Å². The smallest absolute Gasteiger partial charge is 0.248 e. The quantitative estimate of drug-likeness (QED) is 0.827. The third-order valence-corrected chi connectivity index (χ3v) is 4.71. The van der Waals surface area contributed by atoms with E-state index in [4.69, 9.17) is 10.5 Å². The Labute approximate surface area is 107 Å². The number of nitrogen functional groups attached to an aromatic ring is 1. The molecule has 1 aromatic heterocycles. The third kappa shape index (κ3) is 2.50. The van der Waals surface area contributed by atoms with Crippen molar-refractivity contribution in [1.29, 1.82) is 0 Å². The first-order chi connectivity index (χ1) is 8.55. The second kappa shape index (κ2) is 5.25. The zero-order valence-corrected chi connectivity index (χ0v) is 11.2.